The molecular weight excluding hydrogens is 366 g/mol. The molecule has 1 fully saturated rings. The molecule has 0 aliphatic carbocycles. The van der Waals surface area contributed by atoms with E-state index >= 15 is 0 Å². The number of rotatable bonds is 9. The van der Waals surface area contributed by atoms with Gasteiger partial charge in [0, 0.05) is 32.9 Å². The van der Waals surface area contributed by atoms with Crippen molar-refractivity contribution in [2.45, 2.75) is 64.6 Å². The number of aliphatic hydroxyl groups excluding tert-OH is 1. The molecular formula is C23H39N3O3. The Bertz CT molecular complexity index is 605. The van der Waals surface area contributed by atoms with Crippen LogP contribution in [0.5, 0.6) is 0 Å². The zero-order valence-corrected chi connectivity index (χ0v) is 18.5. The number of ether oxygens (including phenoxy) is 2. The first-order valence-corrected chi connectivity index (χ1v) is 10.9. The zero-order chi connectivity index (χ0) is 21.1. The predicted molar refractivity (Wildman–Crippen MR) is 118 cm³/mol. The second-order valence-electron chi connectivity index (χ2n) is 8.57. The molecule has 6 heteroatoms. The van der Waals surface area contributed by atoms with Crippen molar-refractivity contribution >= 4 is 5.96 Å². The smallest absolute Gasteiger partial charge is 0.191 e. The average Bonchev–Trinajstić information content (AvgIpc) is 2.71. The standard InChI is InChI=1S/C23H39N3O3/c1-5-24-22(25-13-6-14-29-20-11-15-28-16-12-20)26-17-21(27)18-7-9-19(10-8-18)23(2,3)4/h7-10,20-21,27H,5-6,11-17H2,1-4H3,(H2,24,25,26). The molecule has 1 aliphatic rings. The zero-order valence-electron chi connectivity index (χ0n) is 18.5. The van der Waals surface area contributed by atoms with Crippen molar-refractivity contribution in [1.82, 2.24) is 10.6 Å². The van der Waals surface area contributed by atoms with E-state index < -0.39 is 6.10 Å². The van der Waals surface area contributed by atoms with Gasteiger partial charge in [0.05, 0.1) is 18.8 Å². The Kier molecular flexibility index (Phi) is 9.91. The van der Waals surface area contributed by atoms with Gasteiger partial charge >= 0.3 is 0 Å². The summed E-state index contributed by atoms with van der Waals surface area (Å²) in [5.41, 5.74) is 2.26. The fourth-order valence-electron chi connectivity index (χ4n) is 3.20. The number of guanidine groups is 1. The van der Waals surface area contributed by atoms with Crippen molar-refractivity contribution in [3.8, 4) is 0 Å². The third-order valence-electron chi connectivity index (χ3n) is 5.06. The van der Waals surface area contributed by atoms with Gasteiger partial charge in [-0.15, -0.1) is 0 Å². The molecule has 1 unspecified atom stereocenters. The minimum Gasteiger partial charge on any atom is -0.386 e. The maximum atomic E-state index is 10.5. The van der Waals surface area contributed by atoms with E-state index in [1.54, 1.807) is 0 Å². The fraction of sp³-hybridized carbons (Fsp3) is 0.696. The summed E-state index contributed by atoms with van der Waals surface area (Å²) in [5.74, 6) is 0.726. The summed E-state index contributed by atoms with van der Waals surface area (Å²) in [6.07, 6.45) is 2.62. The molecule has 0 bridgehead atoms. The van der Waals surface area contributed by atoms with Crippen LogP contribution in [0.1, 0.15) is 64.2 Å². The first-order chi connectivity index (χ1) is 13.9. The van der Waals surface area contributed by atoms with Gasteiger partial charge in [0.1, 0.15) is 0 Å². The summed E-state index contributed by atoms with van der Waals surface area (Å²) in [4.78, 5) is 4.54. The van der Waals surface area contributed by atoms with Crippen LogP contribution in [0, 0.1) is 0 Å². The van der Waals surface area contributed by atoms with Crippen molar-refractivity contribution in [1.29, 1.82) is 0 Å². The predicted octanol–water partition coefficient (Wildman–Crippen LogP) is 3.16. The Balaban J connectivity index is 1.75. The summed E-state index contributed by atoms with van der Waals surface area (Å²) in [7, 11) is 0. The maximum absolute atomic E-state index is 10.5. The van der Waals surface area contributed by atoms with Crippen LogP contribution in [0.3, 0.4) is 0 Å². The highest BCUT2D eigenvalue weighted by Crippen LogP contribution is 2.24. The molecule has 0 saturated carbocycles. The van der Waals surface area contributed by atoms with Gasteiger partial charge in [-0.1, -0.05) is 45.0 Å². The Morgan fingerprint density at radius 2 is 1.90 bits per heavy atom. The Morgan fingerprint density at radius 1 is 1.21 bits per heavy atom. The fourth-order valence-corrected chi connectivity index (χ4v) is 3.20. The van der Waals surface area contributed by atoms with Gasteiger partial charge in [-0.2, -0.15) is 0 Å². The molecule has 1 aromatic rings. The number of hydrogen-bond donors (Lipinski definition) is 3. The first-order valence-electron chi connectivity index (χ1n) is 10.9. The molecule has 6 nitrogen and oxygen atoms in total. The van der Waals surface area contributed by atoms with Gasteiger partial charge in [-0.3, -0.25) is 4.99 Å². The van der Waals surface area contributed by atoms with Gasteiger partial charge in [-0.05, 0) is 42.7 Å². The molecule has 164 valence electrons. The lowest BCUT2D eigenvalue weighted by Crippen LogP contribution is -2.38. The van der Waals surface area contributed by atoms with Crippen LogP contribution >= 0.6 is 0 Å². The molecule has 1 heterocycles. The highest BCUT2D eigenvalue weighted by Gasteiger charge is 2.15. The van der Waals surface area contributed by atoms with E-state index in [2.05, 4.69) is 48.5 Å². The van der Waals surface area contributed by atoms with E-state index in [-0.39, 0.29) is 5.41 Å². The van der Waals surface area contributed by atoms with Gasteiger partial charge in [0.25, 0.3) is 0 Å². The summed E-state index contributed by atoms with van der Waals surface area (Å²) in [5, 5.41) is 17.0. The molecule has 0 amide bonds. The largest absolute Gasteiger partial charge is 0.386 e. The summed E-state index contributed by atoms with van der Waals surface area (Å²) in [6.45, 7) is 12.8. The van der Waals surface area contributed by atoms with E-state index in [1.165, 1.54) is 5.56 Å². The molecule has 1 atom stereocenters. The maximum Gasteiger partial charge on any atom is 0.191 e. The number of nitrogens with one attached hydrogen (secondary N) is 2. The molecule has 0 spiro atoms. The molecule has 0 aromatic heterocycles. The lowest BCUT2D eigenvalue weighted by atomic mass is 9.86. The Hall–Kier alpha value is -1.63. The van der Waals surface area contributed by atoms with E-state index in [9.17, 15) is 5.11 Å². The van der Waals surface area contributed by atoms with Crippen LogP contribution in [-0.2, 0) is 14.9 Å². The quantitative estimate of drug-likeness (QED) is 0.334. The lowest BCUT2D eigenvalue weighted by Gasteiger charge is -2.22. The molecule has 29 heavy (non-hydrogen) atoms. The van der Waals surface area contributed by atoms with Crippen molar-refractivity contribution in [2.75, 3.05) is 39.5 Å². The molecule has 3 N–H and O–H groups in total. The van der Waals surface area contributed by atoms with E-state index in [1.807, 2.05) is 19.1 Å². The van der Waals surface area contributed by atoms with Gasteiger partial charge in [0.15, 0.2) is 5.96 Å². The molecule has 1 aliphatic heterocycles. The van der Waals surface area contributed by atoms with Crippen LogP contribution in [0.4, 0.5) is 0 Å². The molecule has 1 aromatic carbocycles. The molecule has 2 rings (SSSR count). The number of benzene rings is 1. The van der Waals surface area contributed by atoms with E-state index in [4.69, 9.17) is 9.47 Å². The van der Waals surface area contributed by atoms with Gasteiger partial charge in [0.2, 0.25) is 0 Å². The van der Waals surface area contributed by atoms with Crippen LogP contribution in [0.25, 0.3) is 0 Å². The van der Waals surface area contributed by atoms with E-state index in [0.29, 0.717) is 12.6 Å². The van der Waals surface area contributed by atoms with Crippen LogP contribution < -0.4 is 10.6 Å². The number of aliphatic hydroxyl groups is 1. The third kappa shape index (κ3) is 8.72. The monoisotopic (exact) mass is 405 g/mol. The summed E-state index contributed by atoms with van der Waals surface area (Å²) < 4.78 is 11.2. The topological polar surface area (TPSA) is 75.1 Å². The normalized spacial score (nSPS) is 17.2. The summed E-state index contributed by atoms with van der Waals surface area (Å²) >= 11 is 0. The number of aliphatic imine (C=N–C) groups is 1. The lowest BCUT2D eigenvalue weighted by molar-refractivity contribution is -0.0320. The number of nitrogens with zero attached hydrogens (tertiary/aromatic N) is 1. The van der Waals surface area contributed by atoms with Crippen molar-refractivity contribution in [3.63, 3.8) is 0 Å². The van der Waals surface area contributed by atoms with Crippen molar-refractivity contribution in [3.05, 3.63) is 35.4 Å². The number of hydrogen-bond acceptors (Lipinski definition) is 4. The second-order valence-corrected chi connectivity index (χ2v) is 8.57. The first kappa shape index (κ1) is 23.6. The SMILES string of the molecule is CCNC(=NCC(O)c1ccc(C(C)(C)C)cc1)NCCCOC1CCOCC1. The highest BCUT2D eigenvalue weighted by molar-refractivity contribution is 5.79. The highest BCUT2D eigenvalue weighted by atomic mass is 16.5. The van der Waals surface area contributed by atoms with Gasteiger partial charge < -0.3 is 25.2 Å². The Morgan fingerprint density at radius 3 is 2.52 bits per heavy atom. The van der Waals surface area contributed by atoms with Crippen molar-refractivity contribution < 1.29 is 14.6 Å². The molecule has 0 radical (unpaired) electrons. The summed E-state index contributed by atoms with van der Waals surface area (Å²) in [6, 6.07) is 8.16. The minimum atomic E-state index is -0.615. The van der Waals surface area contributed by atoms with Crippen LogP contribution in [-0.4, -0.2) is 56.6 Å². The van der Waals surface area contributed by atoms with Crippen molar-refractivity contribution in [2.24, 2.45) is 4.99 Å². The average molecular weight is 406 g/mol. The third-order valence-corrected chi connectivity index (χ3v) is 5.06. The minimum absolute atomic E-state index is 0.109. The Labute approximate surface area is 176 Å². The van der Waals surface area contributed by atoms with Gasteiger partial charge in [-0.25, -0.2) is 0 Å². The molecule has 1 saturated heterocycles. The van der Waals surface area contributed by atoms with E-state index in [0.717, 1.165) is 63.7 Å². The van der Waals surface area contributed by atoms with Crippen LogP contribution in [0.2, 0.25) is 0 Å². The second kappa shape index (κ2) is 12.2. The van der Waals surface area contributed by atoms with Crippen LogP contribution in [0.15, 0.2) is 29.3 Å².